The zero-order chi connectivity index (χ0) is 18.8. The smallest absolute Gasteiger partial charge is 0.274 e. The van der Waals surface area contributed by atoms with E-state index in [4.69, 9.17) is 0 Å². The summed E-state index contributed by atoms with van der Waals surface area (Å²) in [6.45, 7) is 2.51. The van der Waals surface area contributed by atoms with E-state index in [1.165, 1.54) is 12.1 Å². The monoisotopic (exact) mass is 366 g/mol. The van der Waals surface area contributed by atoms with Crippen molar-refractivity contribution >= 4 is 11.9 Å². The molecule has 1 amide bonds. The van der Waals surface area contributed by atoms with Gasteiger partial charge < -0.3 is 9.80 Å². The minimum absolute atomic E-state index is 0.104. The standard InChI is InChI=1S/C19H19FN6O/c1-24-17(14-3-5-15(20)6-4-14)13-16(23-24)18(27)25-9-11-26(12-10-25)19-21-7-2-8-22-19/h2-8,13H,9-12H2,1H3. The number of aryl methyl sites for hydroxylation is 1. The summed E-state index contributed by atoms with van der Waals surface area (Å²) in [5.74, 6) is 0.283. The van der Waals surface area contributed by atoms with E-state index in [-0.39, 0.29) is 11.7 Å². The second-order valence-electron chi connectivity index (χ2n) is 6.37. The first kappa shape index (κ1) is 17.1. The van der Waals surface area contributed by atoms with Crippen molar-refractivity contribution in [1.29, 1.82) is 0 Å². The summed E-state index contributed by atoms with van der Waals surface area (Å²) in [6.07, 6.45) is 3.43. The van der Waals surface area contributed by atoms with Crippen LogP contribution in [0.5, 0.6) is 0 Å². The SMILES string of the molecule is Cn1nc(C(=O)N2CCN(c3ncccn3)CC2)cc1-c1ccc(F)cc1. The molecule has 0 aliphatic carbocycles. The first-order chi connectivity index (χ1) is 13.1. The van der Waals surface area contributed by atoms with Crippen molar-refractivity contribution < 1.29 is 9.18 Å². The zero-order valence-corrected chi connectivity index (χ0v) is 14.9. The van der Waals surface area contributed by atoms with Gasteiger partial charge in [-0.25, -0.2) is 14.4 Å². The maximum atomic E-state index is 13.1. The highest BCUT2D eigenvalue weighted by Crippen LogP contribution is 2.21. The number of piperazine rings is 1. The van der Waals surface area contributed by atoms with Crippen molar-refractivity contribution in [2.45, 2.75) is 0 Å². The minimum atomic E-state index is -0.294. The molecule has 1 saturated heterocycles. The van der Waals surface area contributed by atoms with Crippen molar-refractivity contribution in [3.63, 3.8) is 0 Å². The molecule has 0 saturated carbocycles. The predicted octanol–water partition coefficient (Wildman–Crippen LogP) is 1.98. The van der Waals surface area contributed by atoms with Gasteiger partial charge in [0.1, 0.15) is 5.82 Å². The second-order valence-corrected chi connectivity index (χ2v) is 6.37. The van der Waals surface area contributed by atoms with Crippen molar-refractivity contribution in [3.8, 4) is 11.3 Å². The van der Waals surface area contributed by atoms with Gasteiger partial charge >= 0.3 is 0 Å². The molecule has 3 aromatic rings. The van der Waals surface area contributed by atoms with Gasteiger partial charge in [0.15, 0.2) is 5.69 Å². The Bertz CT molecular complexity index is 933. The molecule has 8 heteroatoms. The number of benzene rings is 1. The van der Waals surface area contributed by atoms with Gasteiger partial charge in [-0.3, -0.25) is 9.48 Å². The number of rotatable bonds is 3. The summed E-state index contributed by atoms with van der Waals surface area (Å²) in [5, 5.41) is 4.36. The lowest BCUT2D eigenvalue weighted by Crippen LogP contribution is -2.49. The molecule has 1 aliphatic heterocycles. The lowest BCUT2D eigenvalue weighted by atomic mass is 10.1. The summed E-state index contributed by atoms with van der Waals surface area (Å²) in [7, 11) is 1.78. The number of hydrogen-bond acceptors (Lipinski definition) is 5. The van der Waals surface area contributed by atoms with E-state index < -0.39 is 0 Å². The van der Waals surface area contributed by atoms with E-state index in [1.54, 1.807) is 53.3 Å². The molecule has 7 nitrogen and oxygen atoms in total. The maximum Gasteiger partial charge on any atom is 0.274 e. The number of aromatic nitrogens is 4. The van der Waals surface area contributed by atoms with Gasteiger partial charge in [0.25, 0.3) is 5.91 Å². The van der Waals surface area contributed by atoms with Crippen LogP contribution in [0.25, 0.3) is 11.3 Å². The molecule has 0 atom stereocenters. The predicted molar refractivity (Wildman–Crippen MR) is 98.8 cm³/mol. The third-order valence-corrected chi connectivity index (χ3v) is 4.64. The third-order valence-electron chi connectivity index (χ3n) is 4.64. The van der Waals surface area contributed by atoms with E-state index in [1.807, 2.05) is 0 Å². The average Bonchev–Trinajstić information content (AvgIpc) is 3.10. The van der Waals surface area contributed by atoms with Crippen molar-refractivity contribution in [3.05, 3.63) is 60.3 Å². The molecular weight excluding hydrogens is 347 g/mol. The molecule has 0 spiro atoms. The molecule has 138 valence electrons. The Balaban J connectivity index is 1.46. The summed E-state index contributed by atoms with van der Waals surface area (Å²) in [4.78, 5) is 25.2. The summed E-state index contributed by atoms with van der Waals surface area (Å²) < 4.78 is 14.8. The molecule has 0 N–H and O–H groups in total. The van der Waals surface area contributed by atoms with Gasteiger partial charge in [-0.05, 0) is 42.0 Å². The number of halogens is 1. The number of carbonyl (C=O) groups excluding carboxylic acids is 1. The number of nitrogens with zero attached hydrogens (tertiary/aromatic N) is 6. The maximum absolute atomic E-state index is 13.1. The van der Waals surface area contributed by atoms with E-state index in [0.29, 0.717) is 37.8 Å². The molecule has 1 aromatic carbocycles. The van der Waals surface area contributed by atoms with Crippen LogP contribution in [-0.4, -0.2) is 56.7 Å². The van der Waals surface area contributed by atoms with Crippen molar-refractivity contribution in [2.24, 2.45) is 7.05 Å². The molecular formula is C19H19FN6O. The highest BCUT2D eigenvalue weighted by molar-refractivity contribution is 5.93. The largest absolute Gasteiger partial charge is 0.337 e. The quantitative estimate of drug-likeness (QED) is 0.709. The van der Waals surface area contributed by atoms with Crippen LogP contribution >= 0.6 is 0 Å². The molecule has 1 aliphatic rings. The van der Waals surface area contributed by atoms with Gasteiger partial charge in [0.2, 0.25) is 5.95 Å². The first-order valence-electron chi connectivity index (χ1n) is 8.73. The van der Waals surface area contributed by atoms with Crippen molar-refractivity contribution in [1.82, 2.24) is 24.6 Å². The highest BCUT2D eigenvalue weighted by atomic mass is 19.1. The fraction of sp³-hybridized carbons (Fsp3) is 0.263. The Morgan fingerprint density at radius 1 is 1.04 bits per heavy atom. The molecule has 2 aromatic heterocycles. The van der Waals surface area contributed by atoms with E-state index in [2.05, 4.69) is 20.0 Å². The molecule has 27 heavy (non-hydrogen) atoms. The van der Waals surface area contributed by atoms with E-state index >= 15 is 0 Å². The zero-order valence-electron chi connectivity index (χ0n) is 14.9. The Labute approximate surface area is 156 Å². The first-order valence-corrected chi connectivity index (χ1v) is 8.73. The Morgan fingerprint density at radius 2 is 1.70 bits per heavy atom. The minimum Gasteiger partial charge on any atom is -0.337 e. The third kappa shape index (κ3) is 3.51. The molecule has 0 radical (unpaired) electrons. The molecule has 4 rings (SSSR count). The molecule has 3 heterocycles. The summed E-state index contributed by atoms with van der Waals surface area (Å²) >= 11 is 0. The molecule has 1 fully saturated rings. The van der Waals surface area contributed by atoms with Crippen molar-refractivity contribution in [2.75, 3.05) is 31.1 Å². The number of carbonyl (C=O) groups is 1. The lowest BCUT2D eigenvalue weighted by molar-refractivity contribution is 0.0739. The fourth-order valence-electron chi connectivity index (χ4n) is 3.19. The van der Waals surface area contributed by atoms with Gasteiger partial charge in [-0.15, -0.1) is 0 Å². The van der Waals surface area contributed by atoms with E-state index in [9.17, 15) is 9.18 Å². The van der Waals surface area contributed by atoms with Crippen LogP contribution in [0, 0.1) is 5.82 Å². The molecule has 0 bridgehead atoms. The van der Waals surface area contributed by atoms with Crippen LogP contribution in [0.1, 0.15) is 10.5 Å². The van der Waals surface area contributed by atoms with Gasteiger partial charge in [0, 0.05) is 45.6 Å². The normalized spacial score (nSPS) is 14.4. The van der Waals surface area contributed by atoms with Crippen LogP contribution < -0.4 is 4.90 Å². The number of hydrogen-bond donors (Lipinski definition) is 0. The Hall–Kier alpha value is -3.29. The van der Waals surface area contributed by atoms with Crippen LogP contribution in [-0.2, 0) is 7.05 Å². The van der Waals surface area contributed by atoms with Crippen LogP contribution in [0.2, 0.25) is 0 Å². The van der Waals surface area contributed by atoms with Crippen LogP contribution in [0.15, 0.2) is 48.8 Å². The Kier molecular flexibility index (Phi) is 4.53. The summed E-state index contributed by atoms with van der Waals surface area (Å²) in [5.41, 5.74) is 1.98. The number of amides is 1. The summed E-state index contributed by atoms with van der Waals surface area (Å²) in [6, 6.07) is 9.69. The Morgan fingerprint density at radius 3 is 2.37 bits per heavy atom. The van der Waals surface area contributed by atoms with Gasteiger partial charge in [0.05, 0.1) is 5.69 Å². The topological polar surface area (TPSA) is 67.2 Å². The number of anilines is 1. The molecule has 0 unspecified atom stereocenters. The van der Waals surface area contributed by atoms with Gasteiger partial charge in [-0.2, -0.15) is 5.10 Å². The van der Waals surface area contributed by atoms with Crippen LogP contribution in [0.4, 0.5) is 10.3 Å². The average molecular weight is 366 g/mol. The lowest BCUT2D eigenvalue weighted by Gasteiger charge is -2.34. The van der Waals surface area contributed by atoms with E-state index in [0.717, 1.165) is 11.3 Å². The van der Waals surface area contributed by atoms with Gasteiger partial charge in [-0.1, -0.05) is 0 Å². The highest BCUT2D eigenvalue weighted by Gasteiger charge is 2.25. The fourth-order valence-corrected chi connectivity index (χ4v) is 3.19. The second kappa shape index (κ2) is 7.14. The van der Waals surface area contributed by atoms with Crippen LogP contribution in [0.3, 0.4) is 0 Å².